The summed E-state index contributed by atoms with van der Waals surface area (Å²) < 4.78 is 1.51. The maximum absolute atomic E-state index is 10.5. The van der Waals surface area contributed by atoms with Gasteiger partial charge in [0.1, 0.15) is 5.82 Å². The van der Waals surface area contributed by atoms with Crippen molar-refractivity contribution in [3.05, 3.63) is 46.3 Å². The zero-order valence-corrected chi connectivity index (χ0v) is 9.20. The molecule has 88 valence electrons. The summed E-state index contributed by atoms with van der Waals surface area (Å²) in [5, 5.41) is 17.2. The maximum Gasteiger partial charge on any atom is 0.389 e. The lowest BCUT2D eigenvalue weighted by Gasteiger charge is -2.00. The molecule has 7 heteroatoms. The molecule has 0 bridgehead atoms. The average Bonchev–Trinajstić information content (AvgIpc) is 2.79. The highest BCUT2D eigenvalue weighted by atomic mass is 16.6. The number of hydrogen-bond donors (Lipinski definition) is 1. The van der Waals surface area contributed by atoms with Crippen molar-refractivity contribution in [1.82, 2.24) is 14.8 Å². The van der Waals surface area contributed by atoms with Crippen molar-refractivity contribution < 1.29 is 4.92 Å². The lowest BCUT2D eigenvalue weighted by molar-refractivity contribution is -0.389. The molecular formula is C10H11N5O2. The van der Waals surface area contributed by atoms with E-state index in [1.54, 1.807) is 19.4 Å². The van der Waals surface area contributed by atoms with Gasteiger partial charge in [-0.25, -0.2) is 4.98 Å². The maximum atomic E-state index is 10.5. The third-order valence-corrected chi connectivity index (χ3v) is 2.24. The molecule has 2 rings (SSSR count). The molecule has 0 saturated heterocycles. The van der Waals surface area contributed by atoms with Gasteiger partial charge in [-0.3, -0.25) is 0 Å². The molecular weight excluding hydrogens is 222 g/mol. The van der Waals surface area contributed by atoms with Crippen molar-refractivity contribution in [2.75, 3.05) is 12.4 Å². The number of pyridine rings is 1. The molecule has 0 aromatic carbocycles. The largest absolute Gasteiger partial charge is 0.389 e. The Morgan fingerprint density at radius 3 is 2.82 bits per heavy atom. The van der Waals surface area contributed by atoms with Crippen LogP contribution in [0.3, 0.4) is 0 Å². The highest BCUT2D eigenvalue weighted by molar-refractivity contribution is 5.34. The predicted molar refractivity (Wildman–Crippen MR) is 61.8 cm³/mol. The molecule has 0 amide bonds. The molecule has 2 aromatic heterocycles. The van der Waals surface area contributed by atoms with Gasteiger partial charge < -0.3 is 15.4 Å². The lowest BCUT2D eigenvalue weighted by Crippen LogP contribution is -2.02. The molecule has 0 saturated carbocycles. The van der Waals surface area contributed by atoms with Crippen LogP contribution in [-0.4, -0.2) is 26.7 Å². The second-order valence-electron chi connectivity index (χ2n) is 3.43. The van der Waals surface area contributed by atoms with Crippen molar-refractivity contribution in [3.8, 4) is 0 Å². The minimum Gasteiger partial charge on any atom is -0.373 e. The van der Waals surface area contributed by atoms with E-state index >= 15 is 0 Å². The highest BCUT2D eigenvalue weighted by Gasteiger charge is 2.10. The van der Waals surface area contributed by atoms with Gasteiger partial charge in [-0.2, -0.15) is 4.68 Å². The first-order chi connectivity index (χ1) is 8.19. The zero-order valence-electron chi connectivity index (χ0n) is 9.20. The molecule has 0 spiro atoms. The van der Waals surface area contributed by atoms with E-state index in [1.165, 1.54) is 10.7 Å². The average molecular weight is 233 g/mol. The number of nitrogens with one attached hydrogen (secondary N) is 1. The van der Waals surface area contributed by atoms with Crippen LogP contribution in [0.25, 0.3) is 0 Å². The number of anilines is 1. The van der Waals surface area contributed by atoms with Gasteiger partial charge in [-0.05, 0) is 16.6 Å². The summed E-state index contributed by atoms with van der Waals surface area (Å²) in [5.41, 5.74) is 0.932. The van der Waals surface area contributed by atoms with Gasteiger partial charge in [0, 0.05) is 13.2 Å². The van der Waals surface area contributed by atoms with E-state index < -0.39 is 4.92 Å². The molecule has 0 radical (unpaired) electrons. The van der Waals surface area contributed by atoms with Crippen LogP contribution >= 0.6 is 0 Å². The normalized spacial score (nSPS) is 10.2. The van der Waals surface area contributed by atoms with E-state index in [9.17, 15) is 10.1 Å². The van der Waals surface area contributed by atoms with Gasteiger partial charge in [-0.15, -0.1) is 0 Å². The minimum atomic E-state index is -0.515. The lowest BCUT2D eigenvalue weighted by atomic mass is 10.3. The molecule has 17 heavy (non-hydrogen) atoms. The van der Waals surface area contributed by atoms with E-state index in [1.807, 2.05) is 12.1 Å². The number of aromatic nitrogens is 3. The van der Waals surface area contributed by atoms with Crippen molar-refractivity contribution in [3.63, 3.8) is 0 Å². The van der Waals surface area contributed by atoms with Gasteiger partial charge in [-0.1, -0.05) is 6.07 Å². The Morgan fingerprint density at radius 1 is 1.47 bits per heavy atom. The molecule has 0 aliphatic carbocycles. The minimum absolute atomic E-state index is 0.148. The Kier molecular flexibility index (Phi) is 2.99. The molecule has 1 N–H and O–H groups in total. The number of nitrogens with zero attached hydrogens (tertiary/aromatic N) is 4. The molecule has 0 fully saturated rings. The van der Waals surface area contributed by atoms with Crippen LogP contribution in [0, 0.1) is 10.1 Å². The van der Waals surface area contributed by atoms with Crippen LogP contribution in [0.15, 0.2) is 30.6 Å². The standard InChI is InChI=1S/C10H11N5O2/c1-11-9-3-2-8(6-12-9)7-14-5-4-10(13-14)15(16)17/h2-6H,7H2,1H3,(H,11,12). The summed E-state index contributed by atoms with van der Waals surface area (Å²) in [6, 6.07) is 5.11. The smallest absolute Gasteiger partial charge is 0.373 e. The summed E-state index contributed by atoms with van der Waals surface area (Å²) >= 11 is 0. The summed E-state index contributed by atoms with van der Waals surface area (Å²) in [6.45, 7) is 0.463. The highest BCUT2D eigenvalue weighted by Crippen LogP contribution is 2.09. The fourth-order valence-electron chi connectivity index (χ4n) is 1.39. The van der Waals surface area contributed by atoms with Crippen molar-refractivity contribution in [2.24, 2.45) is 0 Å². The van der Waals surface area contributed by atoms with Crippen molar-refractivity contribution >= 4 is 11.6 Å². The Labute approximate surface area is 97.2 Å². The number of rotatable bonds is 4. The van der Waals surface area contributed by atoms with Gasteiger partial charge >= 0.3 is 5.82 Å². The van der Waals surface area contributed by atoms with Crippen LogP contribution in [0.4, 0.5) is 11.6 Å². The van der Waals surface area contributed by atoms with Crippen molar-refractivity contribution in [2.45, 2.75) is 6.54 Å². The van der Waals surface area contributed by atoms with E-state index in [0.29, 0.717) is 6.54 Å². The van der Waals surface area contributed by atoms with Crippen LogP contribution in [0.2, 0.25) is 0 Å². The van der Waals surface area contributed by atoms with E-state index in [4.69, 9.17) is 0 Å². The van der Waals surface area contributed by atoms with Crippen LogP contribution in [-0.2, 0) is 6.54 Å². The molecule has 0 unspecified atom stereocenters. The second-order valence-corrected chi connectivity index (χ2v) is 3.43. The van der Waals surface area contributed by atoms with Crippen molar-refractivity contribution in [1.29, 1.82) is 0 Å². The summed E-state index contributed by atoms with van der Waals surface area (Å²) in [7, 11) is 1.79. The fourth-order valence-corrected chi connectivity index (χ4v) is 1.39. The quantitative estimate of drug-likeness (QED) is 0.635. The topological polar surface area (TPSA) is 85.9 Å². The van der Waals surface area contributed by atoms with Gasteiger partial charge in [0.05, 0.1) is 23.9 Å². The summed E-state index contributed by atoms with van der Waals surface area (Å²) in [5.74, 6) is 0.630. The molecule has 2 aromatic rings. The molecule has 7 nitrogen and oxygen atoms in total. The number of hydrogen-bond acceptors (Lipinski definition) is 5. The molecule has 0 aliphatic rings. The molecule has 0 atom stereocenters. The summed E-state index contributed by atoms with van der Waals surface area (Å²) in [6.07, 6.45) is 3.28. The predicted octanol–water partition coefficient (Wildman–Crippen LogP) is 1.28. The monoisotopic (exact) mass is 233 g/mol. The van der Waals surface area contributed by atoms with Crippen LogP contribution in [0.1, 0.15) is 5.56 Å². The van der Waals surface area contributed by atoms with Gasteiger partial charge in [0.2, 0.25) is 0 Å². The van der Waals surface area contributed by atoms with Gasteiger partial charge in [0.25, 0.3) is 0 Å². The molecule has 2 heterocycles. The Hall–Kier alpha value is -2.44. The SMILES string of the molecule is CNc1ccc(Cn2ccc([N+](=O)[O-])n2)cn1. The third kappa shape index (κ3) is 2.57. The Balaban J connectivity index is 2.11. The first kappa shape index (κ1) is 11.1. The van der Waals surface area contributed by atoms with Gasteiger partial charge in [0.15, 0.2) is 0 Å². The second kappa shape index (κ2) is 4.60. The third-order valence-electron chi connectivity index (χ3n) is 2.24. The number of nitro groups is 1. The molecule has 0 aliphatic heterocycles. The van der Waals surface area contributed by atoms with Crippen LogP contribution in [0.5, 0.6) is 0 Å². The fraction of sp³-hybridized carbons (Fsp3) is 0.200. The van der Waals surface area contributed by atoms with E-state index in [0.717, 1.165) is 11.4 Å². The van der Waals surface area contributed by atoms with Crippen LogP contribution < -0.4 is 5.32 Å². The Morgan fingerprint density at radius 2 is 2.29 bits per heavy atom. The first-order valence-electron chi connectivity index (χ1n) is 4.99. The van der Waals surface area contributed by atoms with E-state index in [-0.39, 0.29) is 5.82 Å². The first-order valence-corrected chi connectivity index (χ1v) is 4.99. The zero-order chi connectivity index (χ0) is 12.3. The Bertz CT molecular complexity index is 520. The van der Waals surface area contributed by atoms with E-state index in [2.05, 4.69) is 15.4 Å². The summed E-state index contributed by atoms with van der Waals surface area (Å²) in [4.78, 5) is 14.1.